The van der Waals surface area contributed by atoms with E-state index in [2.05, 4.69) is 11.4 Å². The predicted octanol–water partition coefficient (Wildman–Crippen LogP) is 2.55. The van der Waals surface area contributed by atoms with Gasteiger partial charge in [-0.15, -0.1) is 0 Å². The first kappa shape index (κ1) is 11.9. The zero-order chi connectivity index (χ0) is 12.3. The van der Waals surface area contributed by atoms with Crippen molar-refractivity contribution in [3.05, 3.63) is 29.3 Å². The molecule has 1 saturated carbocycles. The quantitative estimate of drug-likeness (QED) is 0.819. The lowest BCUT2D eigenvalue weighted by molar-refractivity contribution is 0.404. The molecular formula is C14H19N3. The maximum Gasteiger partial charge on any atom is 0.0994 e. The first-order valence-corrected chi connectivity index (χ1v) is 6.23. The third-order valence-electron chi connectivity index (χ3n) is 3.52. The molecule has 0 bridgehead atoms. The Morgan fingerprint density at radius 3 is 2.76 bits per heavy atom. The fourth-order valence-electron chi connectivity index (χ4n) is 2.43. The highest BCUT2D eigenvalue weighted by Crippen LogP contribution is 2.22. The Morgan fingerprint density at radius 2 is 2.12 bits per heavy atom. The van der Waals surface area contributed by atoms with E-state index >= 15 is 0 Å². The van der Waals surface area contributed by atoms with Crippen molar-refractivity contribution in [3.8, 4) is 6.07 Å². The molecule has 0 amide bonds. The molecule has 0 unspecified atom stereocenters. The predicted molar refractivity (Wildman–Crippen MR) is 69.7 cm³/mol. The van der Waals surface area contributed by atoms with Gasteiger partial charge in [0.1, 0.15) is 0 Å². The van der Waals surface area contributed by atoms with Crippen molar-refractivity contribution in [1.82, 2.24) is 0 Å². The van der Waals surface area contributed by atoms with E-state index < -0.39 is 0 Å². The van der Waals surface area contributed by atoms with Crippen LogP contribution in [0.15, 0.2) is 18.2 Å². The van der Waals surface area contributed by atoms with Crippen LogP contribution in [0.2, 0.25) is 0 Å². The molecule has 1 aromatic carbocycles. The van der Waals surface area contributed by atoms with E-state index in [1.54, 1.807) is 0 Å². The Balaban J connectivity index is 2.08. The van der Waals surface area contributed by atoms with Gasteiger partial charge < -0.3 is 11.1 Å². The third-order valence-corrected chi connectivity index (χ3v) is 3.52. The van der Waals surface area contributed by atoms with Crippen molar-refractivity contribution in [2.75, 3.05) is 5.32 Å². The summed E-state index contributed by atoms with van der Waals surface area (Å²) in [5, 5.41) is 12.4. The second-order valence-corrected chi connectivity index (χ2v) is 4.84. The number of hydrogen-bond acceptors (Lipinski definition) is 3. The summed E-state index contributed by atoms with van der Waals surface area (Å²) in [7, 11) is 0. The van der Waals surface area contributed by atoms with Crippen LogP contribution in [-0.4, -0.2) is 12.1 Å². The van der Waals surface area contributed by atoms with Crippen LogP contribution in [0.4, 0.5) is 5.69 Å². The van der Waals surface area contributed by atoms with Gasteiger partial charge in [-0.25, -0.2) is 0 Å². The van der Waals surface area contributed by atoms with Crippen LogP contribution in [-0.2, 0) is 0 Å². The van der Waals surface area contributed by atoms with E-state index in [4.69, 9.17) is 11.0 Å². The maximum absolute atomic E-state index is 8.88. The molecule has 17 heavy (non-hydrogen) atoms. The van der Waals surface area contributed by atoms with Crippen molar-refractivity contribution in [1.29, 1.82) is 5.26 Å². The Kier molecular flexibility index (Phi) is 3.65. The number of benzene rings is 1. The molecule has 0 radical (unpaired) electrons. The fraction of sp³-hybridized carbons (Fsp3) is 0.500. The maximum atomic E-state index is 8.88. The van der Waals surface area contributed by atoms with E-state index in [0.29, 0.717) is 6.04 Å². The van der Waals surface area contributed by atoms with E-state index in [1.165, 1.54) is 12.8 Å². The molecule has 3 nitrogen and oxygen atoms in total. The number of hydrogen-bond donors (Lipinski definition) is 2. The van der Waals surface area contributed by atoms with Gasteiger partial charge in [-0.2, -0.15) is 5.26 Å². The van der Waals surface area contributed by atoms with Crippen molar-refractivity contribution < 1.29 is 0 Å². The molecule has 1 fully saturated rings. The zero-order valence-corrected chi connectivity index (χ0v) is 10.2. The average Bonchev–Trinajstić information content (AvgIpc) is 2.32. The van der Waals surface area contributed by atoms with Crippen LogP contribution in [0.3, 0.4) is 0 Å². The number of rotatable bonds is 2. The number of nitrogens with two attached hydrogens (primary N) is 1. The highest BCUT2D eigenvalue weighted by atomic mass is 15.0. The Labute approximate surface area is 103 Å². The first-order chi connectivity index (χ1) is 8.20. The summed E-state index contributed by atoms with van der Waals surface area (Å²) in [6, 6.07) is 8.66. The molecule has 1 aliphatic carbocycles. The van der Waals surface area contributed by atoms with Crippen molar-refractivity contribution >= 4 is 5.69 Å². The molecule has 2 atom stereocenters. The second kappa shape index (κ2) is 5.20. The van der Waals surface area contributed by atoms with Crippen LogP contribution in [0, 0.1) is 18.3 Å². The largest absolute Gasteiger partial charge is 0.381 e. The summed E-state index contributed by atoms with van der Waals surface area (Å²) in [5.74, 6) is 0. The lowest BCUT2D eigenvalue weighted by Gasteiger charge is -2.30. The smallest absolute Gasteiger partial charge is 0.0994 e. The van der Waals surface area contributed by atoms with Crippen LogP contribution >= 0.6 is 0 Å². The highest BCUT2D eigenvalue weighted by molar-refractivity contribution is 5.52. The lowest BCUT2D eigenvalue weighted by Crippen LogP contribution is -2.42. The molecule has 1 aliphatic rings. The van der Waals surface area contributed by atoms with Crippen LogP contribution < -0.4 is 11.1 Å². The number of anilines is 1. The van der Waals surface area contributed by atoms with Crippen molar-refractivity contribution in [2.45, 2.75) is 44.7 Å². The molecule has 0 aromatic heterocycles. The van der Waals surface area contributed by atoms with Gasteiger partial charge in [-0.1, -0.05) is 12.8 Å². The summed E-state index contributed by atoms with van der Waals surface area (Å²) in [6.07, 6.45) is 4.74. The van der Waals surface area contributed by atoms with Crippen LogP contribution in [0.1, 0.15) is 36.8 Å². The van der Waals surface area contributed by atoms with Gasteiger partial charge in [0.05, 0.1) is 11.6 Å². The molecule has 0 spiro atoms. The molecule has 90 valence electrons. The van der Waals surface area contributed by atoms with Gasteiger partial charge >= 0.3 is 0 Å². The number of nitrogens with zero attached hydrogens (tertiary/aromatic N) is 1. The molecular weight excluding hydrogens is 210 g/mol. The summed E-state index contributed by atoms with van der Waals surface area (Å²) in [6.45, 7) is 1.96. The standard InChI is InChI=1S/C14H19N3/c1-10-8-12(7-6-11(10)9-15)17-14-5-3-2-4-13(14)16/h6-8,13-14,17H,2-5,16H2,1H3/t13-,14-/m1/s1. The van der Waals surface area contributed by atoms with Gasteiger partial charge in [-0.05, 0) is 43.5 Å². The normalized spacial score (nSPS) is 24.1. The summed E-state index contributed by atoms with van der Waals surface area (Å²) in [5.41, 5.74) is 8.93. The van der Waals surface area contributed by atoms with Crippen LogP contribution in [0.25, 0.3) is 0 Å². The van der Waals surface area contributed by atoms with Gasteiger partial charge in [0, 0.05) is 17.8 Å². The number of aryl methyl sites for hydroxylation is 1. The van der Waals surface area contributed by atoms with E-state index in [-0.39, 0.29) is 6.04 Å². The number of nitriles is 1. The average molecular weight is 229 g/mol. The third kappa shape index (κ3) is 2.78. The molecule has 0 aliphatic heterocycles. The van der Waals surface area contributed by atoms with Gasteiger partial charge in [0.2, 0.25) is 0 Å². The van der Waals surface area contributed by atoms with Gasteiger partial charge in [0.25, 0.3) is 0 Å². The molecule has 3 heteroatoms. The topological polar surface area (TPSA) is 61.8 Å². The summed E-state index contributed by atoms with van der Waals surface area (Å²) >= 11 is 0. The highest BCUT2D eigenvalue weighted by Gasteiger charge is 2.21. The Morgan fingerprint density at radius 1 is 1.35 bits per heavy atom. The minimum absolute atomic E-state index is 0.250. The van der Waals surface area contributed by atoms with Gasteiger partial charge in [-0.3, -0.25) is 0 Å². The fourth-order valence-corrected chi connectivity index (χ4v) is 2.43. The second-order valence-electron chi connectivity index (χ2n) is 4.84. The van der Waals surface area contributed by atoms with Gasteiger partial charge in [0.15, 0.2) is 0 Å². The van der Waals surface area contributed by atoms with Crippen LogP contribution in [0.5, 0.6) is 0 Å². The monoisotopic (exact) mass is 229 g/mol. The molecule has 2 rings (SSSR count). The molecule has 0 saturated heterocycles. The van der Waals surface area contributed by atoms with E-state index in [1.807, 2.05) is 25.1 Å². The van der Waals surface area contributed by atoms with E-state index in [9.17, 15) is 0 Å². The zero-order valence-electron chi connectivity index (χ0n) is 10.2. The van der Waals surface area contributed by atoms with Crippen molar-refractivity contribution in [2.24, 2.45) is 5.73 Å². The lowest BCUT2D eigenvalue weighted by atomic mass is 9.91. The minimum atomic E-state index is 0.250. The number of nitrogens with one attached hydrogen (secondary N) is 1. The Hall–Kier alpha value is -1.53. The molecule has 3 N–H and O–H groups in total. The molecule has 1 aromatic rings. The Bertz CT molecular complexity index is 434. The van der Waals surface area contributed by atoms with E-state index in [0.717, 1.165) is 29.7 Å². The minimum Gasteiger partial charge on any atom is -0.381 e. The summed E-state index contributed by atoms with van der Waals surface area (Å²) < 4.78 is 0. The first-order valence-electron chi connectivity index (χ1n) is 6.23. The summed E-state index contributed by atoms with van der Waals surface area (Å²) in [4.78, 5) is 0. The SMILES string of the molecule is Cc1cc(N[C@@H]2CCCC[C@H]2N)ccc1C#N. The van der Waals surface area contributed by atoms with Crippen molar-refractivity contribution in [3.63, 3.8) is 0 Å². The molecule has 0 heterocycles.